The van der Waals surface area contributed by atoms with Gasteiger partial charge in [0, 0.05) is 5.56 Å². The molecule has 0 radical (unpaired) electrons. The summed E-state index contributed by atoms with van der Waals surface area (Å²) >= 11 is 5.41. The van der Waals surface area contributed by atoms with E-state index in [0.717, 1.165) is 6.07 Å². The third-order valence-corrected chi connectivity index (χ3v) is 2.53. The Morgan fingerprint density at radius 1 is 1.46 bits per heavy atom. The maximum absolute atomic E-state index is 13.3. The fraction of sp³-hybridized carbons (Fsp3) is 0.333. The molecule has 0 spiro atoms. The van der Waals surface area contributed by atoms with Gasteiger partial charge < -0.3 is 4.74 Å². The first-order valence-corrected chi connectivity index (χ1v) is 4.20. The Hall–Kier alpha value is -0.670. The summed E-state index contributed by atoms with van der Waals surface area (Å²) in [5, 5.41) is -0.464. The molecule has 1 fully saturated rings. The van der Waals surface area contributed by atoms with E-state index in [2.05, 4.69) is 0 Å². The number of hydrogen-bond acceptors (Lipinski definition) is 1. The first-order chi connectivity index (χ1) is 6.04. The Balaban J connectivity index is 2.54. The van der Waals surface area contributed by atoms with Crippen molar-refractivity contribution in [3.63, 3.8) is 0 Å². The minimum atomic E-state index is -0.743. The van der Waals surface area contributed by atoms with Gasteiger partial charge in [-0.1, -0.05) is 17.7 Å². The second kappa shape index (κ2) is 2.66. The van der Waals surface area contributed by atoms with Crippen molar-refractivity contribution in [2.45, 2.75) is 12.5 Å². The largest absolute Gasteiger partial charge is 0.365 e. The van der Waals surface area contributed by atoms with Crippen molar-refractivity contribution in [1.82, 2.24) is 0 Å². The average molecular weight is 205 g/mol. The molecule has 1 heterocycles. The van der Waals surface area contributed by atoms with Gasteiger partial charge in [0.05, 0.1) is 6.61 Å². The summed E-state index contributed by atoms with van der Waals surface area (Å²) in [6.45, 7) is 2.19. The zero-order chi connectivity index (χ0) is 9.64. The van der Waals surface area contributed by atoms with Crippen LogP contribution >= 0.6 is 11.6 Å². The predicted molar refractivity (Wildman–Crippen MR) is 44.7 cm³/mol. The minimum absolute atomic E-state index is 0.318. The van der Waals surface area contributed by atoms with Crippen LogP contribution < -0.4 is 0 Å². The van der Waals surface area contributed by atoms with E-state index in [1.165, 1.54) is 6.07 Å². The Labute approximate surface area is 79.3 Å². The molecule has 1 atom stereocenters. The van der Waals surface area contributed by atoms with E-state index in [-0.39, 0.29) is 0 Å². The molecular formula is C9H7ClF2O. The predicted octanol–water partition coefficient (Wildman–Crippen LogP) is 2.86. The first kappa shape index (κ1) is 8.91. The molecule has 0 amide bonds. The van der Waals surface area contributed by atoms with Gasteiger partial charge >= 0.3 is 0 Å². The van der Waals surface area contributed by atoms with Gasteiger partial charge in [-0.2, -0.15) is 0 Å². The highest BCUT2D eigenvalue weighted by molar-refractivity contribution is 6.31. The molecule has 0 bridgehead atoms. The average Bonchev–Trinajstić information content (AvgIpc) is 2.80. The molecule has 4 heteroatoms. The molecule has 1 aliphatic rings. The van der Waals surface area contributed by atoms with E-state index in [1.807, 2.05) is 0 Å². The number of hydrogen-bond donors (Lipinski definition) is 0. The number of ether oxygens (including phenoxy) is 1. The van der Waals surface area contributed by atoms with Gasteiger partial charge in [-0.25, -0.2) is 8.78 Å². The van der Waals surface area contributed by atoms with E-state index in [0.29, 0.717) is 12.2 Å². The maximum atomic E-state index is 13.3. The second-order valence-corrected chi connectivity index (χ2v) is 3.62. The summed E-state index contributed by atoms with van der Waals surface area (Å²) in [5.41, 5.74) is -0.291. The summed E-state index contributed by atoms with van der Waals surface area (Å²) in [6.07, 6.45) is 0. The number of rotatable bonds is 1. The van der Waals surface area contributed by atoms with Crippen LogP contribution in [0.2, 0.25) is 5.02 Å². The van der Waals surface area contributed by atoms with Crippen LogP contribution in [0.4, 0.5) is 8.78 Å². The van der Waals surface area contributed by atoms with Crippen LogP contribution in [-0.4, -0.2) is 6.61 Å². The third kappa shape index (κ3) is 1.32. The summed E-state index contributed by atoms with van der Waals surface area (Å²) in [4.78, 5) is 0. The molecule has 1 aromatic carbocycles. The molecule has 1 aliphatic heterocycles. The molecule has 70 valence electrons. The van der Waals surface area contributed by atoms with Gasteiger partial charge in [0.15, 0.2) is 5.82 Å². The zero-order valence-electron chi connectivity index (χ0n) is 6.90. The van der Waals surface area contributed by atoms with Crippen molar-refractivity contribution >= 4 is 11.6 Å². The SMILES string of the molecule is CC1(c2ccc(F)c(Cl)c2F)CO1. The Morgan fingerprint density at radius 3 is 2.62 bits per heavy atom. The van der Waals surface area contributed by atoms with Crippen LogP contribution in [0.3, 0.4) is 0 Å². The summed E-state index contributed by atoms with van der Waals surface area (Å²) < 4.78 is 31.1. The molecule has 1 unspecified atom stereocenters. The molecule has 1 nitrogen and oxygen atoms in total. The fourth-order valence-electron chi connectivity index (χ4n) is 1.20. The topological polar surface area (TPSA) is 12.5 Å². The van der Waals surface area contributed by atoms with Crippen LogP contribution in [0.5, 0.6) is 0 Å². The molecule has 13 heavy (non-hydrogen) atoms. The standard InChI is InChI=1S/C9H7ClF2O/c1-9(4-13-9)5-2-3-6(11)7(10)8(5)12/h2-3H,4H2,1H3. The van der Waals surface area contributed by atoms with E-state index in [4.69, 9.17) is 16.3 Å². The number of benzene rings is 1. The van der Waals surface area contributed by atoms with E-state index < -0.39 is 22.3 Å². The van der Waals surface area contributed by atoms with E-state index in [9.17, 15) is 8.78 Å². The molecule has 1 aromatic rings. The number of epoxide rings is 1. The molecule has 1 saturated heterocycles. The lowest BCUT2D eigenvalue weighted by atomic mass is 10.0. The lowest BCUT2D eigenvalue weighted by Gasteiger charge is -2.08. The monoisotopic (exact) mass is 204 g/mol. The molecule has 0 aliphatic carbocycles. The lowest BCUT2D eigenvalue weighted by Crippen LogP contribution is -2.06. The van der Waals surface area contributed by atoms with Crippen LogP contribution in [0.25, 0.3) is 0 Å². The fourth-order valence-corrected chi connectivity index (χ4v) is 1.36. The van der Waals surface area contributed by atoms with Gasteiger partial charge in [-0.15, -0.1) is 0 Å². The van der Waals surface area contributed by atoms with Gasteiger partial charge in [-0.3, -0.25) is 0 Å². The molecule has 0 saturated carbocycles. The lowest BCUT2D eigenvalue weighted by molar-refractivity contribution is 0.321. The van der Waals surface area contributed by atoms with E-state index >= 15 is 0 Å². The van der Waals surface area contributed by atoms with Crippen LogP contribution in [0, 0.1) is 11.6 Å². The smallest absolute Gasteiger partial charge is 0.150 e. The Morgan fingerprint density at radius 2 is 2.08 bits per heavy atom. The van der Waals surface area contributed by atoms with Gasteiger partial charge in [-0.05, 0) is 13.0 Å². The van der Waals surface area contributed by atoms with Gasteiger partial charge in [0.2, 0.25) is 0 Å². The Kier molecular flexibility index (Phi) is 1.82. The van der Waals surface area contributed by atoms with Gasteiger partial charge in [0.25, 0.3) is 0 Å². The molecule has 0 aromatic heterocycles. The first-order valence-electron chi connectivity index (χ1n) is 3.82. The van der Waals surface area contributed by atoms with Crippen molar-refractivity contribution < 1.29 is 13.5 Å². The summed E-state index contributed by atoms with van der Waals surface area (Å²) in [6, 6.07) is 2.51. The third-order valence-electron chi connectivity index (χ3n) is 2.18. The van der Waals surface area contributed by atoms with Crippen LogP contribution in [0.15, 0.2) is 12.1 Å². The van der Waals surface area contributed by atoms with Crippen molar-refractivity contribution in [2.75, 3.05) is 6.61 Å². The zero-order valence-corrected chi connectivity index (χ0v) is 7.66. The van der Waals surface area contributed by atoms with Crippen molar-refractivity contribution in [1.29, 1.82) is 0 Å². The van der Waals surface area contributed by atoms with Crippen LogP contribution in [-0.2, 0) is 10.3 Å². The summed E-state index contributed by atoms with van der Waals surface area (Å²) in [5.74, 6) is -1.46. The summed E-state index contributed by atoms with van der Waals surface area (Å²) in [7, 11) is 0. The van der Waals surface area contributed by atoms with Crippen molar-refractivity contribution in [2.24, 2.45) is 0 Å². The van der Waals surface area contributed by atoms with Gasteiger partial charge in [0.1, 0.15) is 16.4 Å². The minimum Gasteiger partial charge on any atom is -0.365 e. The molecule has 2 rings (SSSR count). The Bertz CT molecular complexity index is 361. The quantitative estimate of drug-likeness (QED) is 0.506. The normalized spacial score (nSPS) is 26.2. The maximum Gasteiger partial charge on any atom is 0.150 e. The van der Waals surface area contributed by atoms with E-state index in [1.54, 1.807) is 6.92 Å². The highest BCUT2D eigenvalue weighted by atomic mass is 35.5. The van der Waals surface area contributed by atoms with Crippen LogP contribution in [0.1, 0.15) is 12.5 Å². The highest BCUT2D eigenvalue weighted by Crippen LogP contribution is 2.41. The molecule has 0 N–H and O–H groups in total. The second-order valence-electron chi connectivity index (χ2n) is 3.24. The van der Waals surface area contributed by atoms with Crippen molar-refractivity contribution in [3.8, 4) is 0 Å². The molecular weight excluding hydrogens is 198 g/mol. The highest BCUT2D eigenvalue weighted by Gasteiger charge is 2.43. The number of halogens is 3. The van der Waals surface area contributed by atoms with Crippen molar-refractivity contribution in [3.05, 3.63) is 34.4 Å².